The van der Waals surface area contributed by atoms with Gasteiger partial charge in [0.15, 0.2) is 0 Å². The number of sulfonamides is 1. The van der Waals surface area contributed by atoms with Crippen LogP contribution < -0.4 is 4.72 Å². The first-order valence-electron chi connectivity index (χ1n) is 11.8. The van der Waals surface area contributed by atoms with Crippen molar-refractivity contribution >= 4 is 27.3 Å². The molecule has 0 spiro atoms. The van der Waals surface area contributed by atoms with Crippen LogP contribution in [0.5, 0.6) is 0 Å². The first-order chi connectivity index (χ1) is 14.0. The lowest BCUT2D eigenvalue weighted by Crippen LogP contribution is -2.16. The van der Waals surface area contributed by atoms with Gasteiger partial charge in [-0.05, 0) is 30.7 Å². The van der Waals surface area contributed by atoms with Gasteiger partial charge in [0.2, 0.25) is 10.0 Å². The molecule has 0 aliphatic heterocycles. The summed E-state index contributed by atoms with van der Waals surface area (Å²) in [6.07, 6.45) is 20.6. The minimum atomic E-state index is -3.26. The average Bonchev–Trinajstić information content (AvgIpc) is 2.69. The topological polar surface area (TPSA) is 46.2 Å². The van der Waals surface area contributed by atoms with Crippen molar-refractivity contribution in [3.05, 3.63) is 29.3 Å². The molecule has 0 fully saturated rings. The van der Waals surface area contributed by atoms with Gasteiger partial charge in [-0.2, -0.15) is 0 Å². The number of halogens is 1. The molecule has 29 heavy (non-hydrogen) atoms. The fraction of sp³-hybridized carbons (Fsp3) is 0.750. The second-order valence-electron chi connectivity index (χ2n) is 8.23. The quantitative estimate of drug-likeness (QED) is 0.218. The van der Waals surface area contributed by atoms with Crippen molar-refractivity contribution in [2.45, 2.75) is 110 Å². The lowest BCUT2D eigenvalue weighted by Gasteiger charge is -2.08. The Morgan fingerprint density at radius 1 is 0.655 bits per heavy atom. The van der Waals surface area contributed by atoms with E-state index in [-0.39, 0.29) is 5.75 Å². The van der Waals surface area contributed by atoms with Crippen LogP contribution in [0.4, 0.5) is 5.69 Å². The second kappa shape index (κ2) is 17.0. The summed E-state index contributed by atoms with van der Waals surface area (Å²) in [5, 5.41) is 0.603. The molecule has 1 aromatic rings. The Bertz CT molecular complexity index is 602. The third-order valence-electron chi connectivity index (χ3n) is 5.38. The molecule has 0 heterocycles. The fourth-order valence-electron chi connectivity index (χ4n) is 3.59. The van der Waals surface area contributed by atoms with Crippen LogP contribution >= 0.6 is 11.6 Å². The monoisotopic (exact) mass is 443 g/mol. The van der Waals surface area contributed by atoms with Gasteiger partial charge in [-0.3, -0.25) is 4.72 Å². The maximum atomic E-state index is 12.1. The lowest BCUT2D eigenvalue weighted by atomic mass is 10.0. The smallest absolute Gasteiger partial charge is 0.232 e. The van der Waals surface area contributed by atoms with Gasteiger partial charge in [0.05, 0.1) is 5.75 Å². The molecule has 0 atom stereocenters. The van der Waals surface area contributed by atoms with Crippen LogP contribution in [0.1, 0.15) is 110 Å². The molecule has 0 aliphatic carbocycles. The van der Waals surface area contributed by atoms with E-state index >= 15 is 0 Å². The van der Waals surface area contributed by atoms with Gasteiger partial charge in [-0.15, -0.1) is 0 Å². The van der Waals surface area contributed by atoms with Gasteiger partial charge in [0, 0.05) is 10.7 Å². The molecule has 1 rings (SSSR count). The molecular weight excluding hydrogens is 402 g/mol. The van der Waals surface area contributed by atoms with Crippen LogP contribution in [0.3, 0.4) is 0 Å². The summed E-state index contributed by atoms with van der Waals surface area (Å²) in [6, 6.07) is 6.75. The van der Waals surface area contributed by atoms with Crippen LogP contribution in [0, 0.1) is 0 Å². The number of anilines is 1. The first-order valence-corrected chi connectivity index (χ1v) is 13.8. The summed E-state index contributed by atoms with van der Waals surface area (Å²) in [6.45, 7) is 2.27. The highest BCUT2D eigenvalue weighted by molar-refractivity contribution is 7.92. The summed E-state index contributed by atoms with van der Waals surface area (Å²) in [5.74, 6) is 0.189. The third-order valence-corrected chi connectivity index (χ3v) is 7.01. The Morgan fingerprint density at radius 2 is 1.03 bits per heavy atom. The van der Waals surface area contributed by atoms with Crippen LogP contribution in [-0.2, 0) is 10.0 Å². The molecule has 0 radical (unpaired) electrons. The molecule has 0 aromatic heterocycles. The summed E-state index contributed by atoms with van der Waals surface area (Å²) >= 11 is 5.82. The van der Waals surface area contributed by atoms with Gasteiger partial charge in [-0.25, -0.2) is 8.42 Å². The van der Waals surface area contributed by atoms with E-state index in [1.165, 1.54) is 83.5 Å². The molecule has 5 heteroatoms. The fourth-order valence-corrected chi connectivity index (χ4v) is 4.90. The van der Waals surface area contributed by atoms with Crippen LogP contribution in [-0.4, -0.2) is 14.2 Å². The molecule has 0 saturated heterocycles. The Balaban J connectivity index is 1.87. The maximum absolute atomic E-state index is 12.1. The van der Waals surface area contributed by atoms with Crippen LogP contribution in [0.15, 0.2) is 24.3 Å². The number of unbranched alkanes of at least 4 members (excludes halogenated alkanes) is 15. The van der Waals surface area contributed by atoms with Crippen molar-refractivity contribution in [2.75, 3.05) is 10.5 Å². The Hall–Kier alpha value is -0.740. The van der Waals surface area contributed by atoms with Crippen molar-refractivity contribution in [1.29, 1.82) is 0 Å². The Labute approximate surface area is 185 Å². The normalized spacial score (nSPS) is 11.7. The molecule has 168 valence electrons. The van der Waals surface area contributed by atoms with E-state index < -0.39 is 10.0 Å². The molecular formula is C24H42ClNO2S. The third kappa shape index (κ3) is 15.7. The summed E-state index contributed by atoms with van der Waals surface area (Å²) in [4.78, 5) is 0. The van der Waals surface area contributed by atoms with E-state index in [0.29, 0.717) is 10.7 Å². The summed E-state index contributed by atoms with van der Waals surface area (Å²) in [5.41, 5.74) is 0.575. The molecule has 3 nitrogen and oxygen atoms in total. The van der Waals surface area contributed by atoms with Crippen LogP contribution in [0.25, 0.3) is 0 Å². The van der Waals surface area contributed by atoms with Crippen molar-refractivity contribution in [1.82, 2.24) is 0 Å². The van der Waals surface area contributed by atoms with E-state index in [4.69, 9.17) is 11.6 Å². The number of benzene rings is 1. The molecule has 0 bridgehead atoms. The number of nitrogens with one attached hydrogen (secondary N) is 1. The molecule has 1 aromatic carbocycles. The Morgan fingerprint density at radius 3 is 1.45 bits per heavy atom. The van der Waals surface area contributed by atoms with E-state index in [9.17, 15) is 8.42 Å². The molecule has 0 aliphatic rings. The zero-order chi connectivity index (χ0) is 21.2. The first kappa shape index (κ1) is 26.3. The van der Waals surface area contributed by atoms with Crippen molar-refractivity contribution in [2.24, 2.45) is 0 Å². The number of hydrogen-bond donors (Lipinski definition) is 1. The largest absolute Gasteiger partial charge is 0.284 e. The highest BCUT2D eigenvalue weighted by Crippen LogP contribution is 2.16. The van der Waals surface area contributed by atoms with Gasteiger partial charge in [-0.1, -0.05) is 115 Å². The standard InChI is InChI=1S/C24H42ClNO2S/c1-2-3-4-5-6-7-8-9-10-11-12-13-14-15-16-17-22-29(27,28)26-24-20-18-23(25)19-21-24/h18-21,26H,2-17,22H2,1H3. The molecule has 0 amide bonds. The highest BCUT2D eigenvalue weighted by Gasteiger charge is 2.09. The van der Waals surface area contributed by atoms with Crippen molar-refractivity contribution in [3.63, 3.8) is 0 Å². The van der Waals surface area contributed by atoms with Gasteiger partial charge < -0.3 is 0 Å². The minimum Gasteiger partial charge on any atom is -0.284 e. The van der Waals surface area contributed by atoms with Gasteiger partial charge in [0.25, 0.3) is 0 Å². The van der Waals surface area contributed by atoms with Crippen molar-refractivity contribution < 1.29 is 8.42 Å². The predicted molar refractivity (Wildman–Crippen MR) is 128 cm³/mol. The predicted octanol–water partition coefficient (Wildman–Crippen LogP) is 8.34. The zero-order valence-corrected chi connectivity index (χ0v) is 20.0. The maximum Gasteiger partial charge on any atom is 0.232 e. The average molecular weight is 444 g/mol. The van der Waals surface area contributed by atoms with Gasteiger partial charge >= 0.3 is 0 Å². The van der Waals surface area contributed by atoms with E-state index in [2.05, 4.69) is 11.6 Å². The van der Waals surface area contributed by atoms with Crippen LogP contribution in [0.2, 0.25) is 5.02 Å². The highest BCUT2D eigenvalue weighted by atomic mass is 35.5. The molecule has 1 N–H and O–H groups in total. The Kier molecular flexibility index (Phi) is 15.4. The lowest BCUT2D eigenvalue weighted by molar-refractivity contribution is 0.531. The SMILES string of the molecule is CCCCCCCCCCCCCCCCCCS(=O)(=O)Nc1ccc(Cl)cc1. The summed E-state index contributed by atoms with van der Waals surface area (Å²) in [7, 11) is -3.26. The van der Waals surface area contributed by atoms with Gasteiger partial charge in [0.1, 0.15) is 0 Å². The number of rotatable bonds is 19. The van der Waals surface area contributed by atoms with E-state index in [1.54, 1.807) is 24.3 Å². The minimum absolute atomic E-state index is 0.189. The number of hydrogen-bond acceptors (Lipinski definition) is 2. The van der Waals surface area contributed by atoms with E-state index in [0.717, 1.165) is 19.3 Å². The summed E-state index contributed by atoms with van der Waals surface area (Å²) < 4.78 is 26.8. The molecule has 0 saturated carbocycles. The van der Waals surface area contributed by atoms with Crippen molar-refractivity contribution in [3.8, 4) is 0 Å². The second-order valence-corrected chi connectivity index (χ2v) is 10.5. The zero-order valence-electron chi connectivity index (χ0n) is 18.4. The molecule has 0 unspecified atom stereocenters. The van der Waals surface area contributed by atoms with E-state index in [1.807, 2.05) is 0 Å².